The quantitative estimate of drug-likeness (QED) is 0.913. The molecule has 1 aromatic carbocycles. The van der Waals surface area contributed by atoms with Gasteiger partial charge in [0, 0.05) is 37.2 Å². The molecule has 0 radical (unpaired) electrons. The molecule has 4 nitrogen and oxygen atoms in total. The molecule has 1 aliphatic rings. The highest BCUT2D eigenvalue weighted by molar-refractivity contribution is 5.55. The van der Waals surface area contributed by atoms with E-state index in [1.54, 1.807) is 23.4 Å². The number of nitrogens with zero attached hydrogens (tertiary/aromatic N) is 2. The van der Waals surface area contributed by atoms with Gasteiger partial charge in [0.25, 0.3) is 0 Å². The zero-order valence-electron chi connectivity index (χ0n) is 11.9. The fraction of sp³-hybridized carbons (Fsp3) is 0.400. The Labute approximate surface area is 126 Å². The summed E-state index contributed by atoms with van der Waals surface area (Å²) in [7, 11) is 0. The standard InChI is InChI=1S/C15H17F3N4/c16-15(17,18)12-3-1-2-4-13(12)22-8-5-11(10-22)21-9-14-19-6-7-20-14/h1-4,6-7,11,21H,5,8-10H2,(H,19,20). The molecule has 1 aliphatic heterocycles. The highest BCUT2D eigenvalue weighted by atomic mass is 19.4. The molecule has 1 aromatic heterocycles. The van der Waals surface area contributed by atoms with Gasteiger partial charge >= 0.3 is 6.18 Å². The predicted octanol–water partition coefficient (Wildman–Crippen LogP) is 2.80. The first-order valence-electron chi connectivity index (χ1n) is 7.17. The number of H-pyrrole nitrogens is 1. The minimum absolute atomic E-state index is 0.159. The summed E-state index contributed by atoms with van der Waals surface area (Å²) in [6.45, 7) is 1.77. The van der Waals surface area contributed by atoms with Crippen LogP contribution in [0.3, 0.4) is 0 Å². The Bertz CT molecular complexity index is 610. The number of aromatic amines is 1. The lowest BCUT2D eigenvalue weighted by atomic mass is 10.1. The normalized spacial score (nSPS) is 18.9. The van der Waals surface area contributed by atoms with Crippen LogP contribution in [0.5, 0.6) is 0 Å². The average molecular weight is 310 g/mol. The number of hydrogen-bond donors (Lipinski definition) is 2. The van der Waals surface area contributed by atoms with Crippen molar-refractivity contribution in [2.24, 2.45) is 0 Å². The number of anilines is 1. The molecule has 2 heterocycles. The lowest BCUT2D eigenvalue weighted by molar-refractivity contribution is -0.137. The van der Waals surface area contributed by atoms with Crippen molar-refractivity contribution in [2.75, 3.05) is 18.0 Å². The molecule has 0 saturated carbocycles. The summed E-state index contributed by atoms with van der Waals surface area (Å²) in [6.07, 6.45) is -0.0851. The molecule has 2 N–H and O–H groups in total. The van der Waals surface area contributed by atoms with E-state index in [0.29, 0.717) is 19.6 Å². The molecule has 0 amide bonds. The summed E-state index contributed by atoms with van der Waals surface area (Å²) in [6, 6.07) is 5.91. The largest absolute Gasteiger partial charge is 0.418 e. The van der Waals surface area contributed by atoms with E-state index in [4.69, 9.17) is 0 Å². The number of nitrogens with one attached hydrogen (secondary N) is 2. The topological polar surface area (TPSA) is 44.0 Å². The third kappa shape index (κ3) is 3.24. The van der Waals surface area contributed by atoms with Crippen LogP contribution in [0.4, 0.5) is 18.9 Å². The maximum absolute atomic E-state index is 13.1. The molecule has 2 aromatic rings. The van der Waals surface area contributed by atoms with E-state index in [0.717, 1.165) is 18.3 Å². The first-order valence-corrected chi connectivity index (χ1v) is 7.17. The second kappa shape index (κ2) is 6.00. The minimum atomic E-state index is -4.32. The van der Waals surface area contributed by atoms with Gasteiger partial charge in [-0.2, -0.15) is 13.2 Å². The van der Waals surface area contributed by atoms with E-state index in [9.17, 15) is 13.2 Å². The van der Waals surface area contributed by atoms with E-state index in [1.165, 1.54) is 12.1 Å². The number of halogens is 3. The molecule has 0 aliphatic carbocycles. The molecule has 1 atom stereocenters. The van der Waals surface area contributed by atoms with Crippen LogP contribution in [0.2, 0.25) is 0 Å². The van der Waals surface area contributed by atoms with Gasteiger partial charge in [-0.15, -0.1) is 0 Å². The monoisotopic (exact) mass is 310 g/mol. The van der Waals surface area contributed by atoms with Crippen molar-refractivity contribution in [3.63, 3.8) is 0 Å². The molecule has 22 heavy (non-hydrogen) atoms. The smallest absolute Gasteiger partial charge is 0.369 e. The van der Waals surface area contributed by atoms with Crippen LogP contribution in [-0.4, -0.2) is 29.1 Å². The van der Waals surface area contributed by atoms with Crippen LogP contribution >= 0.6 is 0 Å². The Hall–Kier alpha value is -2.02. The summed E-state index contributed by atoms with van der Waals surface area (Å²) in [4.78, 5) is 8.91. The molecule has 0 bridgehead atoms. The molecule has 7 heteroatoms. The maximum Gasteiger partial charge on any atom is 0.418 e. The molecule has 1 unspecified atom stereocenters. The van der Waals surface area contributed by atoms with E-state index >= 15 is 0 Å². The van der Waals surface area contributed by atoms with Crippen molar-refractivity contribution < 1.29 is 13.2 Å². The van der Waals surface area contributed by atoms with Gasteiger partial charge in [0.2, 0.25) is 0 Å². The zero-order chi connectivity index (χ0) is 15.6. The summed E-state index contributed by atoms with van der Waals surface area (Å²) in [5.74, 6) is 0.828. The molecule has 118 valence electrons. The zero-order valence-corrected chi connectivity index (χ0v) is 11.9. The van der Waals surface area contributed by atoms with Crippen LogP contribution in [0.1, 0.15) is 17.8 Å². The molecular formula is C15H17F3N4. The number of hydrogen-bond acceptors (Lipinski definition) is 3. The number of aromatic nitrogens is 2. The van der Waals surface area contributed by atoms with Crippen LogP contribution in [0.15, 0.2) is 36.7 Å². The van der Waals surface area contributed by atoms with Gasteiger partial charge in [-0.05, 0) is 18.6 Å². The fourth-order valence-corrected chi connectivity index (χ4v) is 2.77. The van der Waals surface area contributed by atoms with Gasteiger partial charge in [0.15, 0.2) is 0 Å². The van der Waals surface area contributed by atoms with Crippen molar-refractivity contribution in [1.82, 2.24) is 15.3 Å². The van der Waals surface area contributed by atoms with Crippen LogP contribution in [0, 0.1) is 0 Å². The third-order valence-corrected chi connectivity index (χ3v) is 3.85. The highest BCUT2D eigenvalue weighted by Crippen LogP contribution is 2.37. The molecular weight excluding hydrogens is 293 g/mol. The van der Waals surface area contributed by atoms with Gasteiger partial charge in [-0.25, -0.2) is 4.98 Å². The first-order chi connectivity index (χ1) is 10.5. The van der Waals surface area contributed by atoms with Gasteiger partial charge in [0.1, 0.15) is 5.82 Å². The van der Waals surface area contributed by atoms with Gasteiger partial charge in [-0.3, -0.25) is 0 Å². The second-order valence-corrected chi connectivity index (χ2v) is 5.36. The van der Waals surface area contributed by atoms with Gasteiger partial charge in [-0.1, -0.05) is 12.1 Å². The molecule has 0 spiro atoms. The summed E-state index contributed by atoms with van der Waals surface area (Å²) >= 11 is 0. The fourth-order valence-electron chi connectivity index (χ4n) is 2.77. The van der Waals surface area contributed by atoms with Crippen molar-refractivity contribution in [1.29, 1.82) is 0 Å². The number of para-hydroxylation sites is 1. The van der Waals surface area contributed by atoms with Crippen molar-refractivity contribution in [3.8, 4) is 0 Å². The molecule has 1 fully saturated rings. The van der Waals surface area contributed by atoms with E-state index in [1.807, 2.05) is 0 Å². The molecule has 3 rings (SSSR count). The highest BCUT2D eigenvalue weighted by Gasteiger charge is 2.36. The van der Waals surface area contributed by atoms with Crippen LogP contribution in [-0.2, 0) is 12.7 Å². The Morgan fingerprint density at radius 1 is 1.32 bits per heavy atom. The van der Waals surface area contributed by atoms with Gasteiger partial charge in [0.05, 0.1) is 12.1 Å². The summed E-state index contributed by atoms with van der Waals surface area (Å²) in [5.41, 5.74) is -0.306. The van der Waals surface area contributed by atoms with E-state index in [2.05, 4.69) is 15.3 Å². The third-order valence-electron chi connectivity index (χ3n) is 3.85. The van der Waals surface area contributed by atoms with Crippen molar-refractivity contribution in [3.05, 3.63) is 48.0 Å². The summed E-state index contributed by atoms with van der Waals surface area (Å²) < 4.78 is 39.2. The maximum atomic E-state index is 13.1. The molecule has 1 saturated heterocycles. The van der Waals surface area contributed by atoms with Crippen molar-refractivity contribution >= 4 is 5.69 Å². The SMILES string of the molecule is FC(F)(F)c1ccccc1N1CCC(NCc2ncc[nH]2)C1. The second-order valence-electron chi connectivity index (χ2n) is 5.36. The van der Waals surface area contributed by atoms with E-state index < -0.39 is 11.7 Å². The average Bonchev–Trinajstić information content (AvgIpc) is 3.16. The Morgan fingerprint density at radius 2 is 2.14 bits per heavy atom. The number of rotatable bonds is 4. The van der Waals surface area contributed by atoms with E-state index in [-0.39, 0.29) is 11.7 Å². The van der Waals surface area contributed by atoms with Crippen LogP contribution in [0.25, 0.3) is 0 Å². The Kier molecular flexibility index (Phi) is 4.06. The number of imidazole rings is 1. The van der Waals surface area contributed by atoms with Crippen LogP contribution < -0.4 is 10.2 Å². The first kappa shape index (κ1) is 14.9. The minimum Gasteiger partial charge on any atom is -0.369 e. The lowest BCUT2D eigenvalue weighted by Crippen LogP contribution is -2.33. The number of benzene rings is 1. The lowest BCUT2D eigenvalue weighted by Gasteiger charge is -2.23. The van der Waals surface area contributed by atoms with Gasteiger partial charge < -0.3 is 15.2 Å². The Balaban J connectivity index is 1.65. The Morgan fingerprint density at radius 3 is 2.86 bits per heavy atom. The predicted molar refractivity (Wildman–Crippen MR) is 77.5 cm³/mol. The van der Waals surface area contributed by atoms with Crippen molar-refractivity contribution in [2.45, 2.75) is 25.2 Å². The number of alkyl halides is 3. The summed E-state index contributed by atoms with van der Waals surface area (Å²) in [5, 5.41) is 3.33.